The number of anilines is 1. The molecule has 2 fully saturated rings. The van der Waals surface area contributed by atoms with Gasteiger partial charge in [-0.1, -0.05) is 23.7 Å². The minimum atomic E-state index is -4.91. The van der Waals surface area contributed by atoms with Crippen LogP contribution in [0.25, 0.3) is 33.1 Å². The fraction of sp³-hybridized carbons (Fsp3) is 0.357. The number of sulfone groups is 1. The number of carbonyl (C=O) groups is 1. The van der Waals surface area contributed by atoms with Crippen LogP contribution in [0, 0.1) is 0 Å². The molecule has 2 aliphatic rings. The second-order valence-electron chi connectivity index (χ2n) is 10.9. The molecule has 2 atom stereocenters. The third-order valence-corrected chi connectivity index (χ3v) is 10.0. The second-order valence-corrected chi connectivity index (χ2v) is 13.6. The zero-order valence-electron chi connectivity index (χ0n) is 22.7. The molecule has 16 heteroatoms. The first-order valence-electron chi connectivity index (χ1n) is 13.7. The molecule has 5 aromatic rings. The molecule has 2 aliphatic heterocycles. The number of hydrogen-bond acceptors (Lipinski definition) is 9. The van der Waals surface area contributed by atoms with E-state index in [9.17, 15) is 31.5 Å². The molecule has 7 rings (SSSR count). The topological polar surface area (TPSA) is 141 Å². The molecule has 3 aromatic heterocycles. The number of carboxylic acid groups (broad SMARTS) is 1. The molecule has 230 valence electrons. The minimum Gasteiger partial charge on any atom is -0.480 e. The van der Waals surface area contributed by atoms with E-state index in [0.717, 1.165) is 0 Å². The third kappa shape index (κ3) is 4.97. The molecule has 0 radical (unpaired) electrons. The number of carboxylic acids is 1. The van der Waals surface area contributed by atoms with E-state index in [2.05, 4.69) is 15.0 Å². The Morgan fingerprint density at radius 1 is 1.09 bits per heavy atom. The van der Waals surface area contributed by atoms with Crippen LogP contribution in [-0.4, -0.2) is 69.2 Å². The predicted octanol–water partition coefficient (Wildman–Crippen LogP) is 5.26. The molecule has 2 saturated heterocycles. The zero-order chi connectivity index (χ0) is 31.0. The number of aliphatic carboxylic acids is 1. The SMILES string of the molecule is O=C(O)[C@@H]1C[C@H](Oc2nc3cc(Cl)ccc3n2C2CCS(=O)(=O)CC2)CN1c1nc(C(F)(F)F)nc2c1oc1ccccc12. The van der Waals surface area contributed by atoms with Gasteiger partial charge in [0.25, 0.3) is 6.01 Å². The summed E-state index contributed by atoms with van der Waals surface area (Å²) in [5, 5.41) is 10.9. The van der Waals surface area contributed by atoms with Gasteiger partial charge >= 0.3 is 12.1 Å². The summed E-state index contributed by atoms with van der Waals surface area (Å²) in [5.41, 5.74) is 1.28. The van der Waals surface area contributed by atoms with Crippen LogP contribution in [0.3, 0.4) is 0 Å². The molecule has 5 heterocycles. The van der Waals surface area contributed by atoms with Crippen LogP contribution in [0.15, 0.2) is 46.9 Å². The number of imidazole rings is 1. The van der Waals surface area contributed by atoms with Crippen LogP contribution in [0.2, 0.25) is 5.02 Å². The number of alkyl halides is 3. The van der Waals surface area contributed by atoms with Crippen molar-refractivity contribution in [1.82, 2.24) is 19.5 Å². The smallest absolute Gasteiger partial charge is 0.451 e. The molecule has 2 aromatic carbocycles. The number of hydrogen-bond donors (Lipinski definition) is 1. The highest BCUT2D eigenvalue weighted by Gasteiger charge is 2.44. The van der Waals surface area contributed by atoms with Gasteiger partial charge < -0.3 is 19.2 Å². The molecule has 1 N–H and O–H groups in total. The van der Waals surface area contributed by atoms with Crippen LogP contribution >= 0.6 is 11.6 Å². The van der Waals surface area contributed by atoms with Gasteiger partial charge in [0.2, 0.25) is 5.82 Å². The van der Waals surface area contributed by atoms with E-state index in [4.69, 9.17) is 20.8 Å². The number of nitrogens with zero attached hydrogens (tertiary/aromatic N) is 5. The van der Waals surface area contributed by atoms with Crippen LogP contribution in [-0.2, 0) is 20.8 Å². The van der Waals surface area contributed by atoms with Gasteiger partial charge in [-0.2, -0.15) is 18.2 Å². The predicted molar refractivity (Wildman–Crippen MR) is 154 cm³/mol. The second kappa shape index (κ2) is 10.2. The van der Waals surface area contributed by atoms with Gasteiger partial charge in [0.15, 0.2) is 11.4 Å². The fourth-order valence-corrected chi connectivity index (χ4v) is 7.65. The largest absolute Gasteiger partial charge is 0.480 e. The number of rotatable bonds is 5. The molecule has 0 amide bonds. The Balaban J connectivity index is 1.29. The Bertz CT molecular complexity index is 2050. The zero-order valence-corrected chi connectivity index (χ0v) is 24.2. The highest BCUT2D eigenvalue weighted by atomic mass is 35.5. The molecular formula is C28H23ClF3N5O6S. The van der Waals surface area contributed by atoms with Gasteiger partial charge in [0.1, 0.15) is 33.1 Å². The Labute approximate surface area is 252 Å². The van der Waals surface area contributed by atoms with E-state index in [-0.39, 0.29) is 59.0 Å². The van der Waals surface area contributed by atoms with E-state index in [1.165, 1.54) is 4.90 Å². The van der Waals surface area contributed by atoms with Gasteiger partial charge in [-0.05, 0) is 43.2 Å². The van der Waals surface area contributed by atoms with Crippen LogP contribution in [0.4, 0.5) is 19.0 Å². The number of ether oxygens (including phenoxy) is 1. The third-order valence-electron chi connectivity index (χ3n) is 8.06. The first kappa shape index (κ1) is 28.6. The van der Waals surface area contributed by atoms with E-state index in [1.54, 1.807) is 47.0 Å². The maximum atomic E-state index is 13.9. The van der Waals surface area contributed by atoms with Crippen molar-refractivity contribution in [2.45, 2.75) is 43.6 Å². The minimum absolute atomic E-state index is 0.00852. The van der Waals surface area contributed by atoms with Crippen LogP contribution in [0.5, 0.6) is 6.01 Å². The van der Waals surface area contributed by atoms with Crippen molar-refractivity contribution in [3.8, 4) is 6.01 Å². The van der Waals surface area contributed by atoms with Gasteiger partial charge in [-0.25, -0.2) is 23.2 Å². The highest BCUT2D eigenvalue weighted by Crippen LogP contribution is 2.40. The van der Waals surface area contributed by atoms with Crippen molar-refractivity contribution in [3.05, 3.63) is 53.3 Å². The summed E-state index contributed by atoms with van der Waals surface area (Å²) in [5.74, 6) is -3.04. The monoisotopic (exact) mass is 649 g/mol. The van der Waals surface area contributed by atoms with Crippen LogP contribution < -0.4 is 9.64 Å². The first-order valence-corrected chi connectivity index (χ1v) is 15.9. The summed E-state index contributed by atoms with van der Waals surface area (Å²) >= 11 is 6.19. The molecule has 0 spiro atoms. The number of aromatic nitrogens is 4. The average molecular weight is 650 g/mol. The van der Waals surface area contributed by atoms with Gasteiger partial charge in [0.05, 0.1) is 29.1 Å². The quantitative estimate of drug-likeness (QED) is 0.268. The van der Waals surface area contributed by atoms with E-state index in [0.29, 0.717) is 34.3 Å². The molecule has 0 bridgehead atoms. The number of fused-ring (bicyclic) bond motifs is 4. The lowest BCUT2D eigenvalue weighted by atomic mass is 10.1. The number of halogens is 4. The maximum Gasteiger partial charge on any atom is 0.451 e. The summed E-state index contributed by atoms with van der Waals surface area (Å²) in [6, 6.07) is 10.1. The molecular weight excluding hydrogens is 627 g/mol. The molecule has 0 unspecified atom stereocenters. The molecule has 0 aliphatic carbocycles. The van der Waals surface area contributed by atoms with Crippen molar-refractivity contribution >= 4 is 66.3 Å². The average Bonchev–Trinajstić information content (AvgIpc) is 3.65. The summed E-state index contributed by atoms with van der Waals surface area (Å²) in [6.45, 7) is -0.152. The molecule has 11 nitrogen and oxygen atoms in total. The summed E-state index contributed by atoms with van der Waals surface area (Å²) < 4.78 is 80.0. The number of benzene rings is 2. The van der Waals surface area contributed by atoms with Crippen molar-refractivity contribution < 1.29 is 40.6 Å². The van der Waals surface area contributed by atoms with Crippen molar-refractivity contribution in [2.24, 2.45) is 0 Å². The lowest BCUT2D eigenvalue weighted by molar-refractivity contribution is -0.144. The summed E-state index contributed by atoms with van der Waals surface area (Å²) in [4.78, 5) is 25.7. The summed E-state index contributed by atoms with van der Waals surface area (Å²) in [7, 11) is -3.17. The lowest BCUT2D eigenvalue weighted by Gasteiger charge is -2.26. The Hall–Kier alpha value is -4.11. The van der Waals surface area contributed by atoms with Crippen molar-refractivity contribution in [1.29, 1.82) is 0 Å². The Morgan fingerprint density at radius 2 is 1.84 bits per heavy atom. The van der Waals surface area contributed by atoms with Gasteiger partial charge in [-0.15, -0.1) is 0 Å². The van der Waals surface area contributed by atoms with Crippen molar-refractivity contribution in [3.63, 3.8) is 0 Å². The highest BCUT2D eigenvalue weighted by molar-refractivity contribution is 7.91. The van der Waals surface area contributed by atoms with Crippen LogP contribution in [0.1, 0.15) is 31.1 Å². The molecule has 0 saturated carbocycles. The molecule has 44 heavy (non-hydrogen) atoms. The fourth-order valence-electron chi connectivity index (χ4n) is 6.02. The Kier molecular flexibility index (Phi) is 6.66. The van der Waals surface area contributed by atoms with E-state index >= 15 is 0 Å². The number of furan rings is 1. The standard InChI is InChI=1S/C28H23ClF3N5O6S/c29-14-5-6-19-18(11-14)33-27(37(19)15-7-9-44(40,41)10-8-15)42-16-12-20(25(38)39)36(13-16)24-23-22(34-26(35-24)28(30,31)32)17-3-1-2-4-21(17)43-23/h1-6,11,15-16,20H,7-10,12-13H2,(H,38,39)/t16-,20-/m0/s1. The summed E-state index contributed by atoms with van der Waals surface area (Å²) in [6.07, 6.45) is -5.20. The Morgan fingerprint density at radius 3 is 2.57 bits per heavy atom. The normalized spacial score (nSPS) is 21.0. The lowest BCUT2D eigenvalue weighted by Crippen LogP contribution is -2.37. The number of para-hydroxylation sites is 1. The van der Waals surface area contributed by atoms with Gasteiger partial charge in [0, 0.05) is 22.9 Å². The van der Waals surface area contributed by atoms with Crippen molar-refractivity contribution in [2.75, 3.05) is 23.0 Å². The van der Waals surface area contributed by atoms with E-state index < -0.39 is 40.0 Å². The van der Waals surface area contributed by atoms with E-state index in [1.807, 2.05) is 0 Å². The first-order chi connectivity index (χ1) is 20.9. The van der Waals surface area contributed by atoms with Gasteiger partial charge in [-0.3, -0.25) is 4.57 Å². The maximum absolute atomic E-state index is 13.9.